The number of carbonyl (C=O) groups is 2. The molecular weight excluding hydrogens is 450 g/mol. The standard InChI is InChI=1S/C26H19N3O4S/c1-34-25-19(13-8-14-28-25)26(31)32-16-21(30)29-24-20(15-27)22(17-9-4-2-5-10-17)23(33-24)18-11-6-3-7-12-18/h2-14H,16H2,1H3,(H,29,30). The van der Waals surface area contributed by atoms with E-state index in [0.29, 0.717) is 16.3 Å². The number of carbonyl (C=O) groups excluding carboxylic acids is 2. The van der Waals surface area contributed by atoms with Gasteiger partial charge >= 0.3 is 5.97 Å². The highest BCUT2D eigenvalue weighted by atomic mass is 32.2. The highest BCUT2D eigenvalue weighted by molar-refractivity contribution is 7.98. The molecule has 8 heteroatoms. The van der Waals surface area contributed by atoms with Gasteiger partial charge in [0.05, 0.1) is 5.56 Å². The van der Waals surface area contributed by atoms with E-state index in [0.717, 1.165) is 11.1 Å². The molecule has 0 radical (unpaired) electrons. The molecule has 0 saturated carbocycles. The van der Waals surface area contributed by atoms with Crippen molar-refractivity contribution in [1.29, 1.82) is 5.26 Å². The molecule has 7 nitrogen and oxygen atoms in total. The molecule has 0 saturated heterocycles. The monoisotopic (exact) mass is 469 g/mol. The Morgan fingerprint density at radius 2 is 1.71 bits per heavy atom. The fourth-order valence-electron chi connectivity index (χ4n) is 3.38. The second kappa shape index (κ2) is 10.5. The fraction of sp³-hybridized carbons (Fsp3) is 0.0769. The van der Waals surface area contributed by atoms with Crippen LogP contribution in [0.15, 0.2) is 88.4 Å². The molecule has 34 heavy (non-hydrogen) atoms. The molecule has 168 valence electrons. The first-order chi connectivity index (χ1) is 16.6. The number of anilines is 1. The lowest BCUT2D eigenvalue weighted by Gasteiger charge is -2.07. The van der Waals surface area contributed by atoms with Crippen molar-refractivity contribution >= 4 is 29.5 Å². The van der Waals surface area contributed by atoms with Crippen LogP contribution in [0.2, 0.25) is 0 Å². The molecule has 0 bridgehead atoms. The largest absolute Gasteiger partial charge is 0.452 e. The molecule has 4 aromatic rings. The maximum absolute atomic E-state index is 12.6. The third-order valence-electron chi connectivity index (χ3n) is 4.89. The third kappa shape index (κ3) is 4.85. The molecule has 2 heterocycles. The molecule has 0 aliphatic rings. The van der Waals surface area contributed by atoms with Gasteiger partial charge in [-0.2, -0.15) is 5.26 Å². The molecule has 0 atom stereocenters. The zero-order valence-corrected chi connectivity index (χ0v) is 19.0. The van der Waals surface area contributed by atoms with Gasteiger partial charge in [-0.25, -0.2) is 9.78 Å². The SMILES string of the molecule is CSc1ncccc1C(=O)OCC(=O)Nc1oc(-c2ccccc2)c(-c2ccccc2)c1C#N. The van der Waals surface area contributed by atoms with Crippen LogP contribution in [-0.4, -0.2) is 29.7 Å². The van der Waals surface area contributed by atoms with E-state index in [9.17, 15) is 14.9 Å². The highest BCUT2D eigenvalue weighted by Crippen LogP contribution is 2.41. The van der Waals surface area contributed by atoms with Gasteiger partial charge in [-0.1, -0.05) is 60.7 Å². The van der Waals surface area contributed by atoms with Crippen molar-refractivity contribution < 1.29 is 18.7 Å². The lowest BCUT2D eigenvalue weighted by Crippen LogP contribution is -2.21. The van der Waals surface area contributed by atoms with Gasteiger partial charge in [0.15, 0.2) is 6.61 Å². The highest BCUT2D eigenvalue weighted by Gasteiger charge is 2.24. The summed E-state index contributed by atoms with van der Waals surface area (Å²) in [6, 6.07) is 24.0. The number of esters is 1. The lowest BCUT2D eigenvalue weighted by molar-refractivity contribution is -0.119. The first-order valence-electron chi connectivity index (χ1n) is 10.3. The van der Waals surface area contributed by atoms with Gasteiger partial charge in [-0.05, 0) is 24.0 Å². The Morgan fingerprint density at radius 3 is 2.35 bits per heavy atom. The maximum atomic E-state index is 12.6. The predicted molar refractivity (Wildman–Crippen MR) is 129 cm³/mol. The number of benzene rings is 2. The Kier molecular flexibility index (Phi) is 7.06. The Labute approximate surface area is 200 Å². The number of nitriles is 1. The second-order valence-corrected chi connectivity index (χ2v) is 7.83. The number of hydrogen-bond acceptors (Lipinski definition) is 7. The molecule has 1 amide bonds. The molecule has 0 unspecified atom stereocenters. The average Bonchev–Trinajstić information content (AvgIpc) is 3.26. The quantitative estimate of drug-likeness (QED) is 0.285. The second-order valence-electron chi connectivity index (χ2n) is 7.04. The minimum Gasteiger partial charge on any atom is -0.452 e. The number of aromatic nitrogens is 1. The molecule has 1 N–H and O–H groups in total. The van der Waals surface area contributed by atoms with Gasteiger partial charge in [0.2, 0.25) is 5.88 Å². The van der Waals surface area contributed by atoms with Crippen LogP contribution in [-0.2, 0) is 9.53 Å². The van der Waals surface area contributed by atoms with Crippen molar-refractivity contribution in [2.75, 3.05) is 18.2 Å². The Morgan fingerprint density at radius 1 is 1.03 bits per heavy atom. The zero-order valence-electron chi connectivity index (χ0n) is 18.1. The third-order valence-corrected chi connectivity index (χ3v) is 5.60. The van der Waals surface area contributed by atoms with Crippen LogP contribution in [0.25, 0.3) is 22.5 Å². The number of furan rings is 1. The Bertz CT molecular complexity index is 1360. The minimum absolute atomic E-state index is 0.00700. The van der Waals surface area contributed by atoms with E-state index in [1.807, 2.05) is 60.7 Å². The van der Waals surface area contributed by atoms with Crippen molar-refractivity contribution in [1.82, 2.24) is 4.98 Å². The summed E-state index contributed by atoms with van der Waals surface area (Å²) in [5.74, 6) is -0.849. The summed E-state index contributed by atoms with van der Waals surface area (Å²) in [7, 11) is 0. The summed E-state index contributed by atoms with van der Waals surface area (Å²) in [6.07, 6.45) is 3.37. The molecule has 4 rings (SSSR count). The predicted octanol–water partition coefficient (Wildman–Crippen LogP) is 5.40. The number of nitrogens with one attached hydrogen (secondary N) is 1. The van der Waals surface area contributed by atoms with Crippen LogP contribution in [0.5, 0.6) is 0 Å². The van der Waals surface area contributed by atoms with Gasteiger partial charge in [0, 0.05) is 17.3 Å². The van der Waals surface area contributed by atoms with Crippen LogP contribution in [0.1, 0.15) is 15.9 Å². The molecule has 0 spiro atoms. The van der Waals surface area contributed by atoms with Gasteiger partial charge < -0.3 is 9.15 Å². The van der Waals surface area contributed by atoms with Gasteiger partial charge in [0.25, 0.3) is 5.91 Å². The molecule has 2 aromatic carbocycles. The first kappa shape index (κ1) is 22.8. The molecular formula is C26H19N3O4S. The number of ether oxygens (including phenoxy) is 1. The number of rotatable bonds is 7. The number of nitrogens with zero attached hydrogens (tertiary/aromatic N) is 2. The van der Waals surface area contributed by atoms with E-state index >= 15 is 0 Å². The van der Waals surface area contributed by atoms with Gasteiger partial charge in [-0.3, -0.25) is 10.1 Å². The van der Waals surface area contributed by atoms with E-state index in [-0.39, 0.29) is 17.0 Å². The minimum atomic E-state index is -0.664. The van der Waals surface area contributed by atoms with Crippen molar-refractivity contribution in [3.63, 3.8) is 0 Å². The Hall–Kier alpha value is -4.35. The van der Waals surface area contributed by atoms with E-state index in [2.05, 4.69) is 16.4 Å². The van der Waals surface area contributed by atoms with Gasteiger partial charge in [-0.15, -0.1) is 11.8 Å². The van der Waals surface area contributed by atoms with E-state index in [4.69, 9.17) is 9.15 Å². The van der Waals surface area contributed by atoms with Crippen LogP contribution < -0.4 is 5.32 Å². The van der Waals surface area contributed by atoms with Crippen LogP contribution >= 0.6 is 11.8 Å². The molecule has 2 aromatic heterocycles. The van der Waals surface area contributed by atoms with Crippen molar-refractivity contribution in [2.45, 2.75) is 5.03 Å². The topological polar surface area (TPSA) is 105 Å². The van der Waals surface area contributed by atoms with Crippen LogP contribution in [0.4, 0.5) is 5.88 Å². The lowest BCUT2D eigenvalue weighted by atomic mass is 9.98. The summed E-state index contributed by atoms with van der Waals surface area (Å²) in [4.78, 5) is 29.1. The smallest absolute Gasteiger partial charge is 0.341 e. The average molecular weight is 470 g/mol. The maximum Gasteiger partial charge on any atom is 0.341 e. The van der Waals surface area contributed by atoms with Crippen LogP contribution in [0, 0.1) is 11.3 Å². The summed E-state index contributed by atoms with van der Waals surface area (Å²) in [5, 5.41) is 13.0. The fourth-order valence-corrected chi connectivity index (χ4v) is 3.92. The summed E-state index contributed by atoms with van der Waals surface area (Å²) >= 11 is 1.30. The van der Waals surface area contributed by atoms with E-state index in [1.54, 1.807) is 24.6 Å². The molecule has 0 fully saturated rings. The Balaban J connectivity index is 1.60. The van der Waals surface area contributed by atoms with E-state index < -0.39 is 18.5 Å². The molecule has 0 aliphatic carbocycles. The summed E-state index contributed by atoms with van der Waals surface area (Å²) in [6.45, 7) is -0.547. The van der Waals surface area contributed by atoms with Crippen molar-refractivity contribution in [2.24, 2.45) is 0 Å². The van der Waals surface area contributed by atoms with Crippen molar-refractivity contribution in [3.8, 4) is 28.5 Å². The zero-order chi connectivity index (χ0) is 23.9. The number of amides is 1. The van der Waals surface area contributed by atoms with Gasteiger partial charge in [0.1, 0.15) is 22.4 Å². The number of pyridine rings is 1. The van der Waals surface area contributed by atoms with Crippen molar-refractivity contribution in [3.05, 3.63) is 90.1 Å². The molecule has 0 aliphatic heterocycles. The summed E-state index contributed by atoms with van der Waals surface area (Å²) < 4.78 is 11.1. The number of thioether (sulfide) groups is 1. The van der Waals surface area contributed by atoms with Crippen LogP contribution in [0.3, 0.4) is 0 Å². The van der Waals surface area contributed by atoms with E-state index in [1.165, 1.54) is 11.8 Å². The first-order valence-corrected chi connectivity index (χ1v) is 11.5. The normalized spacial score (nSPS) is 10.4. The number of hydrogen-bond donors (Lipinski definition) is 1. The summed E-state index contributed by atoms with van der Waals surface area (Å²) in [5.41, 5.74) is 2.56.